The van der Waals surface area contributed by atoms with Gasteiger partial charge >= 0.3 is 6.18 Å². The van der Waals surface area contributed by atoms with Crippen molar-refractivity contribution < 1.29 is 18.0 Å². The second kappa shape index (κ2) is 8.12. The van der Waals surface area contributed by atoms with Crippen molar-refractivity contribution in [1.82, 2.24) is 9.88 Å². The van der Waals surface area contributed by atoms with Crippen LogP contribution in [-0.2, 0) is 6.18 Å². The third-order valence-electron chi connectivity index (χ3n) is 4.76. The molecule has 1 amide bonds. The highest BCUT2D eigenvalue weighted by Crippen LogP contribution is 2.33. The van der Waals surface area contributed by atoms with E-state index in [4.69, 9.17) is 0 Å². The summed E-state index contributed by atoms with van der Waals surface area (Å²) in [6.07, 6.45) is -4.50. The van der Waals surface area contributed by atoms with Gasteiger partial charge in [0.25, 0.3) is 5.91 Å². The third kappa shape index (κ3) is 4.59. The number of hydrogen-bond donors (Lipinski definition) is 0. The van der Waals surface area contributed by atoms with E-state index in [2.05, 4.69) is 4.98 Å². The van der Waals surface area contributed by atoms with Crippen LogP contribution in [0.5, 0.6) is 0 Å². The van der Waals surface area contributed by atoms with Gasteiger partial charge in [0.1, 0.15) is 0 Å². The van der Waals surface area contributed by atoms with E-state index in [1.165, 1.54) is 28.4 Å². The molecule has 3 aromatic rings. The largest absolute Gasteiger partial charge is 0.416 e. The first-order chi connectivity index (χ1) is 13.6. The van der Waals surface area contributed by atoms with Gasteiger partial charge in [-0.1, -0.05) is 23.5 Å². The zero-order chi connectivity index (χ0) is 21.3. The Hall–Kier alpha value is -2.45. The second-order valence-electron chi connectivity index (χ2n) is 7.19. The number of nitrogens with zero attached hydrogens (tertiary/aromatic N) is 3. The summed E-state index contributed by atoms with van der Waals surface area (Å²) in [5.41, 5.74) is 2.09. The van der Waals surface area contributed by atoms with E-state index in [-0.39, 0.29) is 5.56 Å². The Morgan fingerprint density at radius 2 is 1.83 bits per heavy atom. The molecule has 0 bridgehead atoms. The van der Waals surface area contributed by atoms with Gasteiger partial charge in [-0.05, 0) is 63.3 Å². The molecule has 0 saturated heterocycles. The molecular weight excluding hydrogens is 399 g/mol. The number of likely N-dealkylation sites (N-methyl/N-ethyl adjacent to an activating group) is 1. The Balaban J connectivity index is 2.04. The number of aromatic nitrogens is 1. The standard InChI is InChI=1S/C21H22F3N3OS/c1-13-8-9-17-18(14(13)2)25-20(29-17)27(11-10-26(3)4)19(28)15-6-5-7-16(12-15)21(22,23)24/h5-9,12H,10-11H2,1-4H3. The molecular formula is C21H22F3N3OS. The van der Waals surface area contributed by atoms with E-state index in [0.29, 0.717) is 18.2 Å². The van der Waals surface area contributed by atoms with Crippen LogP contribution in [0.3, 0.4) is 0 Å². The van der Waals surface area contributed by atoms with E-state index in [1.54, 1.807) is 0 Å². The number of thiazole rings is 1. The summed E-state index contributed by atoms with van der Waals surface area (Å²) < 4.78 is 40.2. The number of carbonyl (C=O) groups is 1. The molecule has 0 aliphatic heterocycles. The molecule has 8 heteroatoms. The maximum absolute atomic E-state index is 13.2. The van der Waals surface area contributed by atoms with Crippen molar-refractivity contribution in [1.29, 1.82) is 0 Å². The monoisotopic (exact) mass is 421 g/mol. The Morgan fingerprint density at radius 1 is 1.10 bits per heavy atom. The zero-order valence-electron chi connectivity index (χ0n) is 16.7. The van der Waals surface area contributed by atoms with Crippen LogP contribution in [0, 0.1) is 13.8 Å². The van der Waals surface area contributed by atoms with Gasteiger partial charge in [0.2, 0.25) is 0 Å². The average molecular weight is 421 g/mol. The first kappa shape index (κ1) is 21.3. The number of amides is 1. The van der Waals surface area contributed by atoms with Crippen LogP contribution in [0.25, 0.3) is 10.2 Å². The summed E-state index contributed by atoms with van der Waals surface area (Å²) in [6, 6.07) is 8.48. The fraction of sp³-hybridized carbons (Fsp3) is 0.333. The summed E-state index contributed by atoms with van der Waals surface area (Å²) in [6.45, 7) is 4.84. The normalized spacial score (nSPS) is 12.0. The van der Waals surface area contributed by atoms with Crippen LogP contribution < -0.4 is 4.90 Å². The van der Waals surface area contributed by atoms with Crippen molar-refractivity contribution in [2.45, 2.75) is 20.0 Å². The number of halogens is 3. The van der Waals surface area contributed by atoms with Crippen molar-refractivity contribution in [3.8, 4) is 0 Å². The lowest BCUT2D eigenvalue weighted by Crippen LogP contribution is -2.36. The number of aryl methyl sites for hydroxylation is 2. The van der Waals surface area contributed by atoms with E-state index >= 15 is 0 Å². The summed E-state index contributed by atoms with van der Waals surface area (Å²) in [7, 11) is 3.75. The molecule has 2 aromatic carbocycles. The number of carbonyl (C=O) groups excluding carboxylic acids is 1. The van der Waals surface area contributed by atoms with Gasteiger partial charge in [-0.25, -0.2) is 4.98 Å². The third-order valence-corrected chi connectivity index (χ3v) is 5.80. The molecule has 1 heterocycles. The van der Waals surface area contributed by atoms with Gasteiger partial charge in [-0.2, -0.15) is 13.2 Å². The number of fused-ring (bicyclic) bond motifs is 1. The molecule has 0 aliphatic rings. The fourth-order valence-electron chi connectivity index (χ4n) is 2.90. The number of benzene rings is 2. The number of hydrogen-bond acceptors (Lipinski definition) is 4. The molecule has 0 fully saturated rings. The van der Waals surface area contributed by atoms with Gasteiger partial charge in [-0.3, -0.25) is 9.69 Å². The molecule has 29 heavy (non-hydrogen) atoms. The molecule has 0 saturated carbocycles. The predicted molar refractivity (Wildman–Crippen MR) is 111 cm³/mol. The van der Waals surface area contributed by atoms with Crippen LogP contribution in [0.1, 0.15) is 27.0 Å². The SMILES string of the molecule is Cc1ccc2sc(N(CCN(C)C)C(=O)c3cccc(C(F)(F)F)c3)nc2c1C. The maximum Gasteiger partial charge on any atom is 0.416 e. The van der Waals surface area contributed by atoms with E-state index < -0.39 is 17.6 Å². The summed E-state index contributed by atoms with van der Waals surface area (Å²) in [5.74, 6) is -0.494. The molecule has 0 radical (unpaired) electrons. The van der Waals surface area contributed by atoms with Gasteiger partial charge in [-0.15, -0.1) is 0 Å². The lowest BCUT2D eigenvalue weighted by Gasteiger charge is -2.22. The summed E-state index contributed by atoms with van der Waals surface area (Å²) in [4.78, 5) is 21.2. The molecule has 0 aliphatic carbocycles. The molecule has 0 spiro atoms. The van der Waals surface area contributed by atoms with E-state index in [9.17, 15) is 18.0 Å². The Bertz CT molecular complexity index is 1040. The highest BCUT2D eigenvalue weighted by molar-refractivity contribution is 7.22. The zero-order valence-corrected chi connectivity index (χ0v) is 17.5. The fourth-order valence-corrected chi connectivity index (χ4v) is 3.95. The Kier molecular flexibility index (Phi) is 5.95. The predicted octanol–water partition coefficient (Wildman–Crippen LogP) is 5.14. The summed E-state index contributed by atoms with van der Waals surface area (Å²) in [5, 5.41) is 0.484. The first-order valence-corrected chi connectivity index (χ1v) is 9.90. The molecule has 3 rings (SSSR count). The van der Waals surface area contributed by atoms with Crippen molar-refractivity contribution in [3.05, 3.63) is 58.7 Å². The topological polar surface area (TPSA) is 36.4 Å². The van der Waals surface area contributed by atoms with Gasteiger partial charge in [0.05, 0.1) is 15.8 Å². The van der Waals surface area contributed by atoms with Crippen LogP contribution in [0.4, 0.5) is 18.3 Å². The van der Waals surface area contributed by atoms with Crippen molar-refractivity contribution in [3.63, 3.8) is 0 Å². The van der Waals surface area contributed by atoms with Crippen LogP contribution in [0.15, 0.2) is 36.4 Å². The minimum Gasteiger partial charge on any atom is -0.308 e. The van der Waals surface area contributed by atoms with Crippen molar-refractivity contribution >= 4 is 32.6 Å². The van der Waals surface area contributed by atoms with Crippen LogP contribution in [0.2, 0.25) is 0 Å². The highest BCUT2D eigenvalue weighted by Gasteiger charge is 2.32. The second-order valence-corrected chi connectivity index (χ2v) is 8.20. The Morgan fingerprint density at radius 3 is 2.48 bits per heavy atom. The molecule has 0 unspecified atom stereocenters. The van der Waals surface area contributed by atoms with Gasteiger partial charge in [0, 0.05) is 18.7 Å². The van der Waals surface area contributed by atoms with E-state index in [1.807, 2.05) is 45.0 Å². The quantitative estimate of drug-likeness (QED) is 0.572. The minimum atomic E-state index is -4.50. The maximum atomic E-state index is 13.2. The van der Waals surface area contributed by atoms with Gasteiger partial charge in [0.15, 0.2) is 5.13 Å². The molecule has 1 aromatic heterocycles. The number of rotatable bonds is 5. The molecule has 0 N–H and O–H groups in total. The first-order valence-electron chi connectivity index (χ1n) is 9.08. The molecule has 4 nitrogen and oxygen atoms in total. The average Bonchev–Trinajstić information content (AvgIpc) is 3.08. The smallest absolute Gasteiger partial charge is 0.308 e. The highest BCUT2D eigenvalue weighted by atomic mass is 32.1. The van der Waals surface area contributed by atoms with Crippen LogP contribution in [-0.4, -0.2) is 43.0 Å². The van der Waals surface area contributed by atoms with Crippen molar-refractivity contribution in [2.75, 3.05) is 32.1 Å². The van der Waals surface area contributed by atoms with Gasteiger partial charge < -0.3 is 4.90 Å². The molecule has 0 atom stereocenters. The minimum absolute atomic E-state index is 0.00857. The number of alkyl halides is 3. The Labute approximate surface area is 171 Å². The number of anilines is 1. The van der Waals surface area contributed by atoms with Crippen LogP contribution >= 0.6 is 11.3 Å². The van der Waals surface area contributed by atoms with E-state index in [0.717, 1.165) is 33.5 Å². The summed E-state index contributed by atoms with van der Waals surface area (Å²) >= 11 is 1.37. The molecule has 154 valence electrons. The lowest BCUT2D eigenvalue weighted by molar-refractivity contribution is -0.137. The van der Waals surface area contributed by atoms with Crippen molar-refractivity contribution in [2.24, 2.45) is 0 Å². The lowest BCUT2D eigenvalue weighted by atomic mass is 10.1.